The van der Waals surface area contributed by atoms with Crippen LogP contribution in [-0.2, 0) is 11.3 Å². The van der Waals surface area contributed by atoms with Crippen molar-refractivity contribution in [2.75, 3.05) is 19.7 Å². The Bertz CT molecular complexity index is 745. The van der Waals surface area contributed by atoms with E-state index in [0.717, 1.165) is 16.9 Å². The number of rotatable bonds is 6. The van der Waals surface area contributed by atoms with Crippen molar-refractivity contribution in [3.63, 3.8) is 0 Å². The molecule has 1 amide bonds. The number of hydrogen-bond acceptors (Lipinski definition) is 4. The topological polar surface area (TPSA) is 59.0 Å². The highest BCUT2D eigenvalue weighted by atomic mass is 16.6. The van der Waals surface area contributed by atoms with E-state index in [0.29, 0.717) is 19.6 Å². The molecule has 0 aromatic heterocycles. The number of ether oxygens (including phenoxy) is 2. The van der Waals surface area contributed by atoms with Crippen LogP contribution in [0.2, 0.25) is 0 Å². The number of carbonyl (C=O) groups is 1. The van der Waals surface area contributed by atoms with Crippen molar-refractivity contribution in [2.24, 2.45) is 0 Å². The number of piperidine rings is 1. The molecule has 5 nitrogen and oxygen atoms in total. The van der Waals surface area contributed by atoms with Crippen molar-refractivity contribution in [3.8, 4) is 5.75 Å². The van der Waals surface area contributed by atoms with E-state index in [2.05, 4.69) is 6.58 Å². The summed E-state index contributed by atoms with van der Waals surface area (Å²) in [4.78, 5) is 13.8. The minimum absolute atomic E-state index is 0.00312. The van der Waals surface area contributed by atoms with Gasteiger partial charge in [0.05, 0.1) is 12.6 Å². The lowest BCUT2D eigenvalue weighted by molar-refractivity contribution is 0.0344. The summed E-state index contributed by atoms with van der Waals surface area (Å²) in [5, 5.41) is 10.5. The Morgan fingerprint density at radius 1 is 1.19 bits per heavy atom. The number of aliphatic hydroxyl groups excluding tert-OH is 1. The van der Waals surface area contributed by atoms with Crippen LogP contribution in [0.1, 0.15) is 23.5 Å². The monoisotopic (exact) mass is 367 g/mol. The van der Waals surface area contributed by atoms with E-state index in [1.165, 1.54) is 0 Å². The van der Waals surface area contributed by atoms with Crippen LogP contribution < -0.4 is 4.74 Å². The largest absolute Gasteiger partial charge is 0.490 e. The Hall–Kier alpha value is -2.79. The summed E-state index contributed by atoms with van der Waals surface area (Å²) in [6.45, 7) is 5.16. The Morgan fingerprint density at radius 3 is 2.59 bits per heavy atom. The minimum atomic E-state index is -0.622. The molecule has 1 saturated heterocycles. The highest BCUT2D eigenvalue weighted by Gasteiger charge is 2.31. The molecule has 1 aliphatic rings. The highest BCUT2D eigenvalue weighted by Crippen LogP contribution is 2.30. The number of likely N-dealkylation sites (tertiary alicyclic amines) is 1. The van der Waals surface area contributed by atoms with Gasteiger partial charge in [-0.15, -0.1) is 0 Å². The molecule has 2 aromatic rings. The predicted octanol–water partition coefficient (Wildman–Crippen LogP) is 3.74. The molecule has 142 valence electrons. The zero-order valence-electron chi connectivity index (χ0n) is 15.3. The zero-order valence-corrected chi connectivity index (χ0v) is 15.3. The molecule has 2 unspecified atom stereocenters. The second-order valence-corrected chi connectivity index (χ2v) is 6.62. The number of benzene rings is 2. The molecule has 1 fully saturated rings. The normalized spacial score (nSPS) is 19.4. The molecule has 0 aliphatic carbocycles. The third-order valence-corrected chi connectivity index (χ3v) is 4.72. The van der Waals surface area contributed by atoms with Gasteiger partial charge in [-0.3, -0.25) is 0 Å². The summed E-state index contributed by atoms with van der Waals surface area (Å²) in [6, 6.07) is 17.3. The Labute approximate surface area is 159 Å². The van der Waals surface area contributed by atoms with E-state index in [4.69, 9.17) is 9.47 Å². The summed E-state index contributed by atoms with van der Waals surface area (Å²) in [7, 11) is 0. The maximum atomic E-state index is 12.3. The third-order valence-electron chi connectivity index (χ3n) is 4.72. The predicted molar refractivity (Wildman–Crippen MR) is 104 cm³/mol. The SMILES string of the molecule is C=CCOc1ccc(C2CCN(C(=O)OCc3ccccc3)CC2O)cc1. The lowest BCUT2D eigenvalue weighted by Crippen LogP contribution is -2.45. The molecule has 1 N–H and O–H groups in total. The van der Waals surface area contributed by atoms with Gasteiger partial charge in [0.2, 0.25) is 0 Å². The summed E-state index contributed by atoms with van der Waals surface area (Å²) >= 11 is 0. The first-order valence-corrected chi connectivity index (χ1v) is 9.14. The molecule has 2 aromatic carbocycles. The van der Waals surface area contributed by atoms with Crippen molar-refractivity contribution in [2.45, 2.75) is 25.0 Å². The Balaban J connectivity index is 1.52. The molecule has 0 bridgehead atoms. The van der Waals surface area contributed by atoms with Gasteiger partial charge in [-0.05, 0) is 29.7 Å². The fourth-order valence-electron chi connectivity index (χ4n) is 3.26. The second-order valence-electron chi connectivity index (χ2n) is 6.62. The summed E-state index contributed by atoms with van der Waals surface area (Å²) < 4.78 is 10.8. The molecular weight excluding hydrogens is 342 g/mol. The number of amides is 1. The maximum Gasteiger partial charge on any atom is 0.410 e. The minimum Gasteiger partial charge on any atom is -0.490 e. The Morgan fingerprint density at radius 2 is 1.93 bits per heavy atom. The first-order chi connectivity index (χ1) is 13.2. The summed E-state index contributed by atoms with van der Waals surface area (Å²) in [5.41, 5.74) is 1.99. The molecule has 1 aliphatic heterocycles. The average molecular weight is 367 g/mol. The number of hydrogen-bond donors (Lipinski definition) is 1. The van der Waals surface area contributed by atoms with Crippen molar-refractivity contribution in [1.82, 2.24) is 4.90 Å². The van der Waals surface area contributed by atoms with Gasteiger partial charge in [0.25, 0.3) is 0 Å². The van der Waals surface area contributed by atoms with Gasteiger partial charge in [0.1, 0.15) is 19.0 Å². The maximum absolute atomic E-state index is 12.3. The highest BCUT2D eigenvalue weighted by molar-refractivity contribution is 5.68. The molecule has 0 saturated carbocycles. The van der Waals surface area contributed by atoms with Crippen LogP contribution >= 0.6 is 0 Å². The molecule has 1 heterocycles. The number of nitrogens with zero attached hydrogens (tertiary/aromatic N) is 1. The molecule has 2 atom stereocenters. The van der Waals surface area contributed by atoms with Gasteiger partial charge >= 0.3 is 6.09 Å². The molecule has 3 rings (SSSR count). The first-order valence-electron chi connectivity index (χ1n) is 9.14. The van der Waals surface area contributed by atoms with Gasteiger partial charge < -0.3 is 19.5 Å². The first kappa shape index (κ1) is 19.0. The summed E-state index contributed by atoms with van der Waals surface area (Å²) in [6.07, 6.45) is 1.38. The van der Waals surface area contributed by atoms with E-state index >= 15 is 0 Å². The van der Waals surface area contributed by atoms with Crippen molar-refractivity contribution >= 4 is 6.09 Å². The molecular formula is C22H25NO4. The van der Waals surface area contributed by atoms with Gasteiger partial charge in [0.15, 0.2) is 0 Å². The Kier molecular flexibility index (Phi) is 6.49. The number of β-amino-alcohol motifs (C(OH)–C–C–N with tert-alkyl or cyclic N) is 1. The lowest BCUT2D eigenvalue weighted by Gasteiger charge is -2.35. The van der Waals surface area contributed by atoms with Crippen LogP contribution in [0, 0.1) is 0 Å². The van der Waals surface area contributed by atoms with Crippen molar-refractivity contribution < 1.29 is 19.4 Å². The average Bonchev–Trinajstić information content (AvgIpc) is 2.71. The fourth-order valence-corrected chi connectivity index (χ4v) is 3.26. The van der Waals surface area contributed by atoms with Crippen molar-refractivity contribution in [1.29, 1.82) is 0 Å². The van der Waals surface area contributed by atoms with Crippen LogP contribution in [0.25, 0.3) is 0 Å². The standard InChI is InChI=1S/C22H25NO4/c1-2-14-26-19-10-8-18(9-11-19)20-12-13-23(15-21(20)24)22(25)27-16-17-6-4-3-5-7-17/h2-11,20-21,24H,1,12-16H2. The van der Waals surface area contributed by atoms with E-state index in [1.54, 1.807) is 11.0 Å². The van der Waals surface area contributed by atoms with Crippen LogP contribution in [0.4, 0.5) is 4.79 Å². The van der Waals surface area contributed by atoms with Gasteiger partial charge in [-0.25, -0.2) is 4.79 Å². The van der Waals surface area contributed by atoms with Crippen LogP contribution in [0.3, 0.4) is 0 Å². The molecule has 0 radical (unpaired) electrons. The van der Waals surface area contributed by atoms with Crippen LogP contribution in [0.5, 0.6) is 5.75 Å². The molecule has 5 heteroatoms. The van der Waals surface area contributed by atoms with Crippen LogP contribution in [-0.4, -0.2) is 41.9 Å². The van der Waals surface area contributed by atoms with Gasteiger partial charge in [-0.1, -0.05) is 55.1 Å². The van der Waals surface area contributed by atoms with Crippen molar-refractivity contribution in [3.05, 3.63) is 78.4 Å². The smallest absolute Gasteiger partial charge is 0.410 e. The zero-order chi connectivity index (χ0) is 19.1. The molecule has 0 spiro atoms. The van der Waals surface area contributed by atoms with E-state index in [1.807, 2.05) is 54.6 Å². The van der Waals surface area contributed by atoms with E-state index < -0.39 is 6.10 Å². The van der Waals surface area contributed by atoms with Crippen LogP contribution in [0.15, 0.2) is 67.3 Å². The number of aliphatic hydroxyl groups is 1. The van der Waals surface area contributed by atoms with E-state index in [9.17, 15) is 9.90 Å². The quantitative estimate of drug-likeness (QED) is 0.790. The fraction of sp³-hybridized carbons (Fsp3) is 0.318. The second kappa shape index (κ2) is 9.24. The van der Waals surface area contributed by atoms with E-state index in [-0.39, 0.29) is 25.2 Å². The summed E-state index contributed by atoms with van der Waals surface area (Å²) in [5.74, 6) is 0.770. The van der Waals surface area contributed by atoms with Gasteiger partial charge in [-0.2, -0.15) is 0 Å². The lowest BCUT2D eigenvalue weighted by atomic mass is 9.87. The van der Waals surface area contributed by atoms with Gasteiger partial charge in [0, 0.05) is 12.5 Å². The molecule has 27 heavy (non-hydrogen) atoms. The number of carbonyl (C=O) groups excluding carboxylic acids is 1. The third kappa shape index (κ3) is 5.11.